The summed E-state index contributed by atoms with van der Waals surface area (Å²) in [7, 11) is 1.60. The van der Waals surface area contributed by atoms with Crippen LogP contribution in [0.3, 0.4) is 0 Å². The number of rotatable bonds is 9. The van der Waals surface area contributed by atoms with Crippen LogP contribution < -0.4 is 0 Å². The monoisotopic (exact) mass is 336 g/mol. The Kier molecular flexibility index (Phi) is 6.37. The first kappa shape index (κ1) is 17.5. The third-order valence-electron chi connectivity index (χ3n) is 3.97. The smallest absolute Gasteiger partial charge is 0.190 e. The molecule has 0 radical (unpaired) electrons. The summed E-state index contributed by atoms with van der Waals surface area (Å²) >= 11 is 0. The van der Waals surface area contributed by atoms with Crippen LogP contribution in [0.5, 0.6) is 0 Å². The molecule has 24 heavy (non-hydrogen) atoms. The Labute approximate surface area is 142 Å². The summed E-state index contributed by atoms with van der Waals surface area (Å²) in [6.07, 6.45) is 0.0435. The minimum absolute atomic E-state index is 0.243. The Morgan fingerprint density at radius 2 is 1.96 bits per heavy atom. The lowest BCUT2D eigenvalue weighted by Gasteiger charge is -2.22. The van der Waals surface area contributed by atoms with E-state index in [1.165, 1.54) is 0 Å². The molecule has 2 heterocycles. The topological polar surface area (TPSA) is 55.4 Å². The molecule has 132 valence electrons. The van der Waals surface area contributed by atoms with Crippen LogP contribution in [0.15, 0.2) is 43.0 Å². The van der Waals surface area contributed by atoms with E-state index < -0.39 is 12.6 Å². The molecule has 5 atom stereocenters. The van der Waals surface area contributed by atoms with Gasteiger partial charge in [-0.25, -0.2) is 0 Å². The molecule has 2 fully saturated rings. The van der Waals surface area contributed by atoms with Gasteiger partial charge in [-0.05, 0) is 5.56 Å². The standard InChI is InChI=1S/C18H24O6/c1-3-9-21-16-14(11-20-10-13-7-5-4-6-8-13)22-18-17(16)23-15(24-18)12-19-2/h3-8,14-18H,1,9-12H2,2H3/t14-,15?,16-,17-,18-/m1/s1. The van der Waals surface area contributed by atoms with Crippen LogP contribution in [0.25, 0.3) is 0 Å². The fraction of sp³-hybridized carbons (Fsp3) is 0.556. The van der Waals surface area contributed by atoms with Gasteiger partial charge in [0.1, 0.15) is 18.3 Å². The number of fused-ring (bicyclic) bond motifs is 1. The average Bonchev–Trinajstić information content (AvgIpc) is 3.12. The molecule has 0 amide bonds. The van der Waals surface area contributed by atoms with E-state index in [-0.39, 0.29) is 18.3 Å². The van der Waals surface area contributed by atoms with Crippen LogP contribution >= 0.6 is 0 Å². The first-order valence-electron chi connectivity index (χ1n) is 8.11. The van der Waals surface area contributed by atoms with E-state index in [9.17, 15) is 0 Å². The summed E-state index contributed by atoms with van der Waals surface area (Å²) in [6.45, 7) is 5.41. The quantitative estimate of drug-likeness (QED) is 0.642. The van der Waals surface area contributed by atoms with Crippen LogP contribution in [-0.4, -0.2) is 57.8 Å². The lowest BCUT2D eigenvalue weighted by Crippen LogP contribution is -2.38. The third-order valence-corrected chi connectivity index (χ3v) is 3.97. The van der Waals surface area contributed by atoms with Gasteiger partial charge in [0.05, 0.1) is 26.4 Å². The maximum Gasteiger partial charge on any atom is 0.190 e. The van der Waals surface area contributed by atoms with E-state index >= 15 is 0 Å². The molecule has 0 spiro atoms. The molecule has 6 nitrogen and oxygen atoms in total. The van der Waals surface area contributed by atoms with Crippen molar-refractivity contribution in [3.05, 3.63) is 48.6 Å². The van der Waals surface area contributed by atoms with Crippen LogP contribution in [0, 0.1) is 0 Å². The van der Waals surface area contributed by atoms with Crippen molar-refractivity contribution in [2.24, 2.45) is 0 Å². The highest BCUT2D eigenvalue weighted by molar-refractivity contribution is 5.13. The van der Waals surface area contributed by atoms with Crippen molar-refractivity contribution in [3.63, 3.8) is 0 Å². The van der Waals surface area contributed by atoms with Gasteiger partial charge in [-0.3, -0.25) is 0 Å². The van der Waals surface area contributed by atoms with Crippen molar-refractivity contribution in [1.82, 2.24) is 0 Å². The van der Waals surface area contributed by atoms with Crippen molar-refractivity contribution in [1.29, 1.82) is 0 Å². The molecular weight excluding hydrogens is 312 g/mol. The van der Waals surface area contributed by atoms with Gasteiger partial charge in [0.2, 0.25) is 0 Å². The summed E-state index contributed by atoms with van der Waals surface area (Å²) in [6, 6.07) is 10.0. The summed E-state index contributed by atoms with van der Waals surface area (Å²) in [5.74, 6) is 0. The number of hydrogen-bond acceptors (Lipinski definition) is 6. The molecule has 2 saturated heterocycles. The molecule has 1 unspecified atom stereocenters. The second-order valence-corrected chi connectivity index (χ2v) is 5.75. The van der Waals surface area contributed by atoms with Crippen LogP contribution in [0.1, 0.15) is 5.56 Å². The van der Waals surface area contributed by atoms with E-state index in [1.54, 1.807) is 13.2 Å². The van der Waals surface area contributed by atoms with E-state index in [2.05, 4.69) is 6.58 Å². The van der Waals surface area contributed by atoms with E-state index in [0.717, 1.165) is 5.56 Å². The van der Waals surface area contributed by atoms with Crippen LogP contribution in [-0.2, 0) is 35.0 Å². The molecule has 1 aromatic carbocycles. The SMILES string of the molecule is C=CCO[C@H]1[C@H]2OC(COC)O[C@H]2O[C@@H]1COCc1ccccc1. The second kappa shape index (κ2) is 8.71. The predicted octanol–water partition coefficient (Wildman–Crippen LogP) is 1.89. The van der Waals surface area contributed by atoms with Gasteiger partial charge in [0, 0.05) is 7.11 Å². The van der Waals surface area contributed by atoms with E-state index in [0.29, 0.717) is 26.4 Å². The fourth-order valence-electron chi connectivity index (χ4n) is 2.90. The molecule has 6 heteroatoms. The maximum absolute atomic E-state index is 5.92. The Bertz CT molecular complexity index is 507. The van der Waals surface area contributed by atoms with Gasteiger partial charge in [0.25, 0.3) is 0 Å². The van der Waals surface area contributed by atoms with Crippen LogP contribution in [0.2, 0.25) is 0 Å². The highest BCUT2D eigenvalue weighted by atomic mass is 16.8. The molecule has 0 bridgehead atoms. The number of hydrogen-bond donors (Lipinski definition) is 0. The molecule has 3 rings (SSSR count). The second-order valence-electron chi connectivity index (χ2n) is 5.75. The highest BCUT2D eigenvalue weighted by Crippen LogP contribution is 2.34. The summed E-state index contributed by atoms with van der Waals surface area (Å²) < 4.78 is 34.2. The predicted molar refractivity (Wildman–Crippen MR) is 86.3 cm³/mol. The average molecular weight is 336 g/mol. The van der Waals surface area contributed by atoms with Gasteiger partial charge >= 0.3 is 0 Å². The minimum atomic E-state index is -0.453. The molecule has 0 saturated carbocycles. The summed E-state index contributed by atoms with van der Waals surface area (Å²) in [5, 5.41) is 0. The van der Waals surface area contributed by atoms with Crippen LogP contribution in [0.4, 0.5) is 0 Å². The van der Waals surface area contributed by atoms with E-state index in [4.69, 9.17) is 28.4 Å². The van der Waals surface area contributed by atoms with Crippen molar-refractivity contribution < 1.29 is 28.4 Å². The fourth-order valence-corrected chi connectivity index (χ4v) is 2.90. The van der Waals surface area contributed by atoms with E-state index in [1.807, 2.05) is 30.3 Å². The zero-order valence-corrected chi connectivity index (χ0v) is 13.8. The van der Waals surface area contributed by atoms with Crippen molar-refractivity contribution in [2.45, 2.75) is 37.5 Å². The number of benzene rings is 1. The number of ether oxygens (including phenoxy) is 6. The molecule has 0 aliphatic carbocycles. The largest absolute Gasteiger partial charge is 0.379 e. The summed E-state index contributed by atoms with van der Waals surface area (Å²) in [5.41, 5.74) is 1.12. The Hall–Kier alpha value is -1.28. The lowest BCUT2D eigenvalue weighted by atomic mass is 10.1. The molecule has 2 aliphatic rings. The van der Waals surface area contributed by atoms with Crippen molar-refractivity contribution in [2.75, 3.05) is 26.9 Å². The number of methoxy groups -OCH3 is 1. The molecule has 1 aromatic rings. The van der Waals surface area contributed by atoms with Gasteiger partial charge in [0.15, 0.2) is 12.6 Å². The molecule has 0 aromatic heterocycles. The van der Waals surface area contributed by atoms with Crippen molar-refractivity contribution >= 4 is 0 Å². The zero-order chi connectivity index (χ0) is 16.8. The maximum atomic E-state index is 5.92. The zero-order valence-electron chi connectivity index (χ0n) is 13.8. The Morgan fingerprint density at radius 3 is 2.71 bits per heavy atom. The van der Waals surface area contributed by atoms with Crippen molar-refractivity contribution in [3.8, 4) is 0 Å². The van der Waals surface area contributed by atoms with Gasteiger partial charge < -0.3 is 28.4 Å². The first-order valence-corrected chi connectivity index (χ1v) is 8.11. The molecule has 0 N–H and O–H groups in total. The van der Waals surface area contributed by atoms with Gasteiger partial charge in [-0.2, -0.15) is 0 Å². The van der Waals surface area contributed by atoms with Gasteiger partial charge in [-0.1, -0.05) is 36.4 Å². The molecule has 2 aliphatic heterocycles. The first-order chi connectivity index (χ1) is 11.8. The Balaban J connectivity index is 1.53. The Morgan fingerprint density at radius 1 is 1.12 bits per heavy atom. The summed E-state index contributed by atoms with van der Waals surface area (Å²) in [4.78, 5) is 0. The highest BCUT2D eigenvalue weighted by Gasteiger charge is 2.52. The minimum Gasteiger partial charge on any atom is -0.379 e. The lowest BCUT2D eigenvalue weighted by molar-refractivity contribution is -0.194. The normalized spacial score (nSPS) is 32.0. The molecular formula is C18H24O6. The third kappa shape index (κ3) is 4.22. The van der Waals surface area contributed by atoms with Gasteiger partial charge in [-0.15, -0.1) is 6.58 Å².